The Morgan fingerprint density at radius 1 is 0.390 bits per heavy atom. The van der Waals surface area contributed by atoms with Gasteiger partial charge in [-0.05, 0) is 38.8 Å². The van der Waals surface area contributed by atoms with Crippen molar-refractivity contribution in [1.82, 2.24) is 5.32 Å². The lowest BCUT2D eigenvalue weighted by Gasteiger charge is -2.05. The van der Waals surface area contributed by atoms with Crippen LogP contribution in [0.25, 0.3) is 0 Å². The molecule has 5 heteroatoms. The highest BCUT2D eigenvalue weighted by Crippen LogP contribution is 2.14. The minimum Gasteiger partial charge on any atom is -0.394 e. The monoisotopic (exact) mass is 584 g/mol. The number of carbonyl (C=O) groups excluding carboxylic acids is 2. The number of aliphatic hydroxyl groups is 2. The van der Waals surface area contributed by atoms with E-state index in [9.17, 15) is 9.59 Å². The molecule has 0 aliphatic heterocycles. The van der Waals surface area contributed by atoms with Crippen LogP contribution >= 0.6 is 0 Å². The summed E-state index contributed by atoms with van der Waals surface area (Å²) < 4.78 is 0. The molecule has 0 saturated carbocycles. The van der Waals surface area contributed by atoms with Crippen molar-refractivity contribution < 1.29 is 19.8 Å². The second-order valence-electron chi connectivity index (χ2n) is 12.1. The van der Waals surface area contributed by atoms with Crippen LogP contribution < -0.4 is 5.32 Å². The van der Waals surface area contributed by atoms with Crippen LogP contribution in [-0.4, -0.2) is 48.1 Å². The molecule has 0 saturated heterocycles. The Kier molecular flexibility index (Phi) is 40.5. The average Bonchev–Trinajstić information content (AvgIpc) is 2.98. The van der Waals surface area contributed by atoms with E-state index in [0.29, 0.717) is 24.4 Å². The molecule has 0 atom stereocenters. The smallest absolute Gasteiger partial charge is 0.132 e. The zero-order valence-corrected chi connectivity index (χ0v) is 27.8. The maximum absolute atomic E-state index is 12.1. The van der Waals surface area contributed by atoms with Gasteiger partial charge in [0.2, 0.25) is 0 Å². The van der Waals surface area contributed by atoms with E-state index in [-0.39, 0.29) is 13.2 Å². The Balaban J connectivity index is 0. The number of ketones is 2. The Hall–Kier alpha value is -0.780. The summed E-state index contributed by atoms with van der Waals surface area (Å²) in [5, 5.41) is 18.7. The molecule has 0 amide bonds. The highest BCUT2D eigenvalue weighted by Gasteiger charge is 2.04. The minimum atomic E-state index is -0.125. The molecule has 0 aromatic carbocycles. The van der Waals surface area contributed by atoms with Crippen LogP contribution in [0.2, 0.25) is 0 Å². The van der Waals surface area contributed by atoms with E-state index in [1.165, 1.54) is 128 Å². The second-order valence-corrected chi connectivity index (χ2v) is 12.1. The van der Waals surface area contributed by atoms with Crippen molar-refractivity contribution in [2.75, 3.05) is 26.3 Å². The fraction of sp³-hybridized carbons (Fsp3) is 0.944. The van der Waals surface area contributed by atoms with Crippen molar-refractivity contribution in [3.63, 3.8) is 0 Å². The number of aliphatic hydroxyl groups excluding tert-OH is 2. The molecule has 3 N–H and O–H groups in total. The van der Waals surface area contributed by atoms with Gasteiger partial charge < -0.3 is 15.5 Å². The molecule has 0 aromatic heterocycles. The predicted molar refractivity (Wildman–Crippen MR) is 178 cm³/mol. The van der Waals surface area contributed by atoms with Gasteiger partial charge in [-0.2, -0.15) is 0 Å². The number of carbonyl (C=O) groups is 2. The number of Topliss-reactive ketones (excluding diaryl/α,β-unsaturated/α-hetero) is 2. The Bertz CT molecular complexity index is 468. The topological polar surface area (TPSA) is 86.6 Å². The number of hydrogen-bond acceptors (Lipinski definition) is 5. The third kappa shape index (κ3) is 41.4. The summed E-state index contributed by atoms with van der Waals surface area (Å²) in [7, 11) is 0. The molecule has 0 unspecified atom stereocenters. The minimum absolute atomic E-state index is 0.125. The summed E-state index contributed by atoms with van der Waals surface area (Å²) in [6.07, 6.45) is 34.1. The quantitative estimate of drug-likeness (QED) is 0.0670. The summed E-state index contributed by atoms with van der Waals surface area (Å²) in [6, 6.07) is 0. The molecule has 0 aromatic rings. The van der Waals surface area contributed by atoms with Crippen LogP contribution in [0, 0.1) is 0 Å². The largest absolute Gasteiger partial charge is 0.394 e. The van der Waals surface area contributed by atoms with Gasteiger partial charge in [0.25, 0.3) is 0 Å². The number of nitrogens with one attached hydrogen (secondary N) is 1. The van der Waals surface area contributed by atoms with Gasteiger partial charge in [-0.1, -0.05) is 142 Å². The Morgan fingerprint density at radius 2 is 0.634 bits per heavy atom. The van der Waals surface area contributed by atoms with Crippen LogP contribution in [0.15, 0.2) is 0 Å². The third-order valence-corrected chi connectivity index (χ3v) is 7.84. The fourth-order valence-electron chi connectivity index (χ4n) is 5.17. The van der Waals surface area contributed by atoms with Crippen molar-refractivity contribution in [3.8, 4) is 0 Å². The van der Waals surface area contributed by atoms with E-state index in [1.807, 2.05) is 0 Å². The van der Waals surface area contributed by atoms with Gasteiger partial charge in [0, 0.05) is 25.7 Å². The van der Waals surface area contributed by atoms with Gasteiger partial charge in [0.05, 0.1) is 13.2 Å². The van der Waals surface area contributed by atoms with Crippen LogP contribution in [0.3, 0.4) is 0 Å². The van der Waals surface area contributed by atoms with Crippen molar-refractivity contribution >= 4 is 11.6 Å². The van der Waals surface area contributed by atoms with Gasteiger partial charge in [-0.25, -0.2) is 0 Å². The maximum atomic E-state index is 12.1. The summed E-state index contributed by atoms with van der Waals surface area (Å²) in [5.74, 6) is 0.861. The van der Waals surface area contributed by atoms with Gasteiger partial charge in [0.1, 0.15) is 11.6 Å². The van der Waals surface area contributed by atoms with Crippen LogP contribution in [0.5, 0.6) is 0 Å². The first-order valence-electron chi connectivity index (χ1n) is 18.1. The summed E-state index contributed by atoms with van der Waals surface area (Å²) >= 11 is 0. The first-order chi connectivity index (χ1) is 20.1. The van der Waals surface area contributed by atoms with E-state index in [4.69, 9.17) is 10.2 Å². The molecular formula is C36H73NO4. The SMILES string of the molecule is CCCCCCCCCCCCCC(=O)CCCNCCCC(=O)CCCCCCCCCCCCC.OCCO. The molecule has 41 heavy (non-hydrogen) atoms. The first-order valence-corrected chi connectivity index (χ1v) is 18.1. The van der Waals surface area contributed by atoms with Gasteiger partial charge >= 0.3 is 0 Å². The second kappa shape index (κ2) is 39.2. The van der Waals surface area contributed by atoms with E-state index < -0.39 is 0 Å². The standard InChI is InChI=1S/C34H67NO2.C2H6O2/c1-3-5-7-9-11-13-15-17-19-21-23-27-33(36)29-25-31-35-32-26-30-34(37)28-24-22-20-18-16-14-12-10-8-6-4-2;3-1-2-4/h35H,3-32H2,1-2H3;3-4H,1-2H2. The molecule has 246 valence electrons. The highest BCUT2D eigenvalue weighted by molar-refractivity contribution is 5.78. The van der Waals surface area contributed by atoms with Gasteiger partial charge in [-0.3, -0.25) is 9.59 Å². The maximum Gasteiger partial charge on any atom is 0.132 e. The Labute approximate surface area is 256 Å². The lowest BCUT2D eigenvalue weighted by Crippen LogP contribution is -2.18. The number of hydrogen-bond donors (Lipinski definition) is 3. The molecule has 0 bridgehead atoms. The normalized spacial score (nSPS) is 10.9. The van der Waals surface area contributed by atoms with Crippen LogP contribution in [0.1, 0.15) is 194 Å². The van der Waals surface area contributed by atoms with E-state index in [2.05, 4.69) is 19.2 Å². The lowest BCUT2D eigenvalue weighted by molar-refractivity contribution is -0.120. The van der Waals surface area contributed by atoms with Gasteiger partial charge in [0.15, 0.2) is 0 Å². The molecule has 0 rings (SSSR count). The van der Waals surface area contributed by atoms with Crippen molar-refractivity contribution in [2.45, 2.75) is 194 Å². The van der Waals surface area contributed by atoms with E-state index in [0.717, 1.165) is 51.6 Å². The third-order valence-electron chi connectivity index (χ3n) is 7.84. The summed E-state index contributed by atoms with van der Waals surface area (Å²) in [4.78, 5) is 24.1. The molecule has 0 spiro atoms. The van der Waals surface area contributed by atoms with Crippen molar-refractivity contribution in [1.29, 1.82) is 0 Å². The summed E-state index contributed by atoms with van der Waals surface area (Å²) in [6.45, 7) is 6.09. The molecule has 0 fully saturated rings. The number of rotatable bonds is 33. The fourth-order valence-corrected chi connectivity index (χ4v) is 5.17. The summed E-state index contributed by atoms with van der Waals surface area (Å²) in [5.41, 5.74) is 0. The number of unbranched alkanes of at least 4 members (excludes halogenated alkanes) is 20. The molecule has 0 heterocycles. The molecule has 0 aliphatic rings. The molecular weight excluding hydrogens is 510 g/mol. The molecule has 0 radical (unpaired) electrons. The van der Waals surface area contributed by atoms with Crippen LogP contribution in [-0.2, 0) is 9.59 Å². The molecule has 0 aliphatic carbocycles. The first kappa shape index (κ1) is 42.4. The van der Waals surface area contributed by atoms with Crippen molar-refractivity contribution in [2.24, 2.45) is 0 Å². The zero-order chi connectivity index (χ0) is 30.5. The zero-order valence-electron chi connectivity index (χ0n) is 27.8. The lowest BCUT2D eigenvalue weighted by atomic mass is 10.0. The van der Waals surface area contributed by atoms with E-state index in [1.54, 1.807) is 0 Å². The van der Waals surface area contributed by atoms with Crippen LogP contribution in [0.4, 0.5) is 0 Å². The highest BCUT2D eigenvalue weighted by atomic mass is 16.3. The van der Waals surface area contributed by atoms with Crippen molar-refractivity contribution in [3.05, 3.63) is 0 Å². The Morgan fingerprint density at radius 3 is 0.902 bits per heavy atom. The predicted octanol–water partition coefficient (Wildman–Crippen LogP) is 9.65. The average molecular weight is 584 g/mol. The van der Waals surface area contributed by atoms with E-state index >= 15 is 0 Å². The molecule has 5 nitrogen and oxygen atoms in total. The van der Waals surface area contributed by atoms with Gasteiger partial charge in [-0.15, -0.1) is 0 Å².